The van der Waals surface area contributed by atoms with Crippen LogP contribution in [0.1, 0.15) is 40.9 Å². The van der Waals surface area contributed by atoms with Gasteiger partial charge in [0.15, 0.2) is 0 Å². The van der Waals surface area contributed by atoms with Gasteiger partial charge in [-0.05, 0) is 57.6 Å². The second-order valence-corrected chi connectivity index (χ2v) is 8.89. The Morgan fingerprint density at radius 3 is 2.72 bits per heavy atom. The zero-order valence-corrected chi connectivity index (χ0v) is 17.9. The summed E-state index contributed by atoms with van der Waals surface area (Å²) in [5.41, 5.74) is 2.90. The molecule has 3 rings (SSSR count). The Morgan fingerprint density at radius 1 is 1.28 bits per heavy atom. The summed E-state index contributed by atoms with van der Waals surface area (Å²) < 4.78 is 37.9. The van der Waals surface area contributed by atoms with Crippen LogP contribution in [-0.4, -0.2) is 34.1 Å². The van der Waals surface area contributed by atoms with Crippen molar-refractivity contribution < 1.29 is 22.7 Å². The lowest BCUT2D eigenvalue weighted by molar-refractivity contribution is 0.0949. The largest absolute Gasteiger partial charge is 0.494 e. The van der Waals surface area contributed by atoms with Crippen molar-refractivity contribution in [3.63, 3.8) is 0 Å². The lowest BCUT2D eigenvalue weighted by Gasteiger charge is -2.14. The first-order valence-electron chi connectivity index (χ1n) is 9.52. The number of benzene rings is 2. The van der Waals surface area contributed by atoms with E-state index >= 15 is 0 Å². The molecule has 0 saturated carbocycles. The maximum Gasteiger partial charge on any atom is 0.251 e. The van der Waals surface area contributed by atoms with E-state index < -0.39 is 10.0 Å². The Balaban J connectivity index is 1.83. The van der Waals surface area contributed by atoms with Crippen molar-refractivity contribution in [3.05, 3.63) is 52.6 Å². The number of nitrogens with one attached hydrogen (secondary N) is 2. The quantitative estimate of drug-likeness (QED) is 0.721. The van der Waals surface area contributed by atoms with Gasteiger partial charge >= 0.3 is 0 Å². The molecular weight excluding hydrogens is 392 g/mol. The van der Waals surface area contributed by atoms with Crippen molar-refractivity contribution in [3.8, 4) is 11.5 Å². The van der Waals surface area contributed by atoms with Crippen molar-refractivity contribution in [2.24, 2.45) is 0 Å². The Bertz CT molecular complexity index is 1030. The molecular formula is C21H26N2O5S. The molecule has 0 fully saturated rings. The highest BCUT2D eigenvalue weighted by Crippen LogP contribution is 2.35. The fourth-order valence-corrected chi connectivity index (χ4v) is 4.07. The summed E-state index contributed by atoms with van der Waals surface area (Å²) in [5, 5.41) is 2.86. The van der Waals surface area contributed by atoms with Crippen LogP contribution in [0.3, 0.4) is 0 Å². The third-order valence-electron chi connectivity index (χ3n) is 4.85. The van der Waals surface area contributed by atoms with Gasteiger partial charge in [0.2, 0.25) is 10.0 Å². The molecule has 2 aromatic carbocycles. The second-order valence-electron chi connectivity index (χ2n) is 7.00. The first-order valence-corrected chi connectivity index (χ1v) is 11.0. The number of sulfonamides is 1. The third-order valence-corrected chi connectivity index (χ3v) is 6.26. The number of carbonyl (C=O) groups excluding carboxylic acids is 1. The standard InChI is InChI=1S/C21H26N2O5S/c1-5-27-19-9-15-8-14(3)28-20(15)10-16(19)12-23-21(24)18-11-17(7-6-13(18)2)29(25,26)22-4/h6-7,9-11,14,22H,5,8,12H2,1-4H3,(H,23,24). The maximum absolute atomic E-state index is 12.8. The second kappa shape index (κ2) is 8.42. The van der Waals surface area contributed by atoms with Crippen LogP contribution in [-0.2, 0) is 23.0 Å². The average molecular weight is 419 g/mol. The smallest absolute Gasteiger partial charge is 0.251 e. The van der Waals surface area contributed by atoms with Crippen molar-refractivity contribution in [2.75, 3.05) is 13.7 Å². The molecule has 7 nitrogen and oxygen atoms in total. The van der Waals surface area contributed by atoms with Crippen molar-refractivity contribution in [1.29, 1.82) is 0 Å². The molecule has 0 bridgehead atoms. The van der Waals surface area contributed by atoms with E-state index in [0.717, 1.165) is 23.3 Å². The molecule has 2 aromatic rings. The van der Waals surface area contributed by atoms with Crippen LogP contribution in [0.25, 0.3) is 0 Å². The fourth-order valence-electron chi connectivity index (χ4n) is 3.31. The van der Waals surface area contributed by atoms with Crippen LogP contribution in [0.15, 0.2) is 35.2 Å². The molecule has 0 aromatic heterocycles. The van der Waals surface area contributed by atoms with Gasteiger partial charge in [0.25, 0.3) is 5.91 Å². The molecule has 1 amide bonds. The molecule has 156 valence electrons. The summed E-state index contributed by atoms with van der Waals surface area (Å²) in [5.74, 6) is 1.17. The highest BCUT2D eigenvalue weighted by molar-refractivity contribution is 7.89. The summed E-state index contributed by atoms with van der Waals surface area (Å²) in [7, 11) is -2.30. The molecule has 1 heterocycles. The van der Waals surface area contributed by atoms with Crippen LogP contribution >= 0.6 is 0 Å². The summed E-state index contributed by atoms with van der Waals surface area (Å²) in [6, 6.07) is 8.35. The van der Waals surface area contributed by atoms with E-state index in [1.54, 1.807) is 13.0 Å². The van der Waals surface area contributed by atoms with Crippen LogP contribution in [0.2, 0.25) is 0 Å². The fraction of sp³-hybridized carbons (Fsp3) is 0.381. The third kappa shape index (κ3) is 4.54. The van der Waals surface area contributed by atoms with Crippen molar-refractivity contribution >= 4 is 15.9 Å². The maximum atomic E-state index is 12.8. The number of hydrogen-bond acceptors (Lipinski definition) is 5. The highest BCUT2D eigenvalue weighted by atomic mass is 32.2. The Morgan fingerprint density at radius 2 is 2.03 bits per heavy atom. The van der Waals surface area contributed by atoms with Gasteiger partial charge in [-0.15, -0.1) is 0 Å². The predicted molar refractivity (Wildman–Crippen MR) is 110 cm³/mol. The minimum absolute atomic E-state index is 0.0469. The van der Waals surface area contributed by atoms with E-state index in [1.807, 2.05) is 26.0 Å². The Labute approximate surface area is 171 Å². The average Bonchev–Trinajstić information content (AvgIpc) is 3.05. The number of fused-ring (bicyclic) bond motifs is 1. The first-order chi connectivity index (χ1) is 13.7. The lowest BCUT2D eigenvalue weighted by Crippen LogP contribution is -2.25. The van der Waals surface area contributed by atoms with Gasteiger partial charge in [-0.25, -0.2) is 13.1 Å². The van der Waals surface area contributed by atoms with Gasteiger partial charge in [-0.3, -0.25) is 4.79 Å². The molecule has 0 spiro atoms. The Kier molecular flexibility index (Phi) is 6.14. The van der Waals surface area contributed by atoms with E-state index in [2.05, 4.69) is 10.0 Å². The van der Waals surface area contributed by atoms with Gasteiger partial charge in [-0.1, -0.05) is 6.07 Å². The number of amides is 1. The van der Waals surface area contributed by atoms with E-state index in [-0.39, 0.29) is 23.5 Å². The van der Waals surface area contributed by atoms with Crippen LogP contribution in [0, 0.1) is 6.92 Å². The summed E-state index contributed by atoms with van der Waals surface area (Å²) in [6.45, 7) is 6.43. The van der Waals surface area contributed by atoms with Gasteiger partial charge in [0, 0.05) is 29.7 Å². The number of carbonyl (C=O) groups is 1. The number of hydrogen-bond donors (Lipinski definition) is 2. The Hall–Kier alpha value is -2.58. The monoisotopic (exact) mass is 418 g/mol. The number of aryl methyl sites for hydroxylation is 1. The van der Waals surface area contributed by atoms with Gasteiger partial charge < -0.3 is 14.8 Å². The molecule has 0 aliphatic carbocycles. The van der Waals surface area contributed by atoms with Crippen molar-refractivity contribution in [2.45, 2.75) is 44.7 Å². The number of ether oxygens (including phenoxy) is 2. The summed E-state index contributed by atoms with van der Waals surface area (Å²) >= 11 is 0. The molecule has 29 heavy (non-hydrogen) atoms. The van der Waals surface area contributed by atoms with Crippen LogP contribution in [0.4, 0.5) is 0 Å². The first kappa shape index (κ1) is 21.1. The lowest BCUT2D eigenvalue weighted by atomic mass is 10.1. The molecule has 1 aliphatic heterocycles. The van der Waals surface area contributed by atoms with E-state index in [4.69, 9.17) is 9.47 Å². The summed E-state index contributed by atoms with van der Waals surface area (Å²) in [4.78, 5) is 12.8. The molecule has 1 unspecified atom stereocenters. The summed E-state index contributed by atoms with van der Waals surface area (Å²) in [6.07, 6.45) is 0.942. The minimum atomic E-state index is -3.63. The molecule has 8 heteroatoms. The molecule has 0 radical (unpaired) electrons. The van der Waals surface area contributed by atoms with Crippen LogP contribution < -0.4 is 19.5 Å². The molecule has 2 N–H and O–H groups in total. The normalized spacial score (nSPS) is 15.5. The molecule has 1 atom stereocenters. The van der Waals surface area contributed by atoms with Crippen LogP contribution in [0.5, 0.6) is 11.5 Å². The van der Waals surface area contributed by atoms with Gasteiger partial charge in [0.1, 0.15) is 17.6 Å². The number of rotatable bonds is 7. The van der Waals surface area contributed by atoms with Gasteiger partial charge in [-0.2, -0.15) is 0 Å². The van der Waals surface area contributed by atoms with E-state index in [1.165, 1.54) is 19.2 Å². The molecule has 1 aliphatic rings. The topological polar surface area (TPSA) is 93.7 Å². The van der Waals surface area contributed by atoms with E-state index in [0.29, 0.717) is 23.5 Å². The van der Waals surface area contributed by atoms with Crippen molar-refractivity contribution in [1.82, 2.24) is 10.0 Å². The molecule has 0 saturated heterocycles. The van der Waals surface area contributed by atoms with E-state index in [9.17, 15) is 13.2 Å². The minimum Gasteiger partial charge on any atom is -0.494 e. The highest BCUT2D eigenvalue weighted by Gasteiger charge is 2.22. The zero-order chi connectivity index (χ0) is 21.2. The van der Waals surface area contributed by atoms with Gasteiger partial charge in [0.05, 0.1) is 11.5 Å². The predicted octanol–water partition coefficient (Wildman–Crippen LogP) is 2.56. The SMILES string of the molecule is CCOc1cc2c(cc1CNC(=O)c1cc(S(=O)(=O)NC)ccc1C)OC(C)C2. The zero-order valence-electron chi connectivity index (χ0n) is 17.0.